The van der Waals surface area contributed by atoms with Crippen LogP contribution in [0.25, 0.3) is 0 Å². The van der Waals surface area contributed by atoms with E-state index in [1.807, 2.05) is 0 Å². The standard InChI is InChI=1S/C13H13NO4/c15-11(16)13(5-6-13)9-1-3-10(4-2-9)14-7-8-18-12(14)17/h1-4H,5-8H2,(H,15,16). The molecular formula is C13H13NO4. The fourth-order valence-electron chi connectivity index (χ4n) is 2.34. The Bertz CT molecular complexity index is 504. The fourth-order valence-corrected chi connectivity index (χ4v) is 2.34. The molecule has 0 unspecified atom stereocenters. The van der Waals surface area contributed by atoms with Crippen LogP contribution < -0.4 is 4.90 Å². The molecule has 18 heavy (non-hydrogen) atoms. The molecule has 1 aromatic rings. The van der Waals surface area contributed by atoms with Crippen molar-refractivity contribution in [2.75, 3.05) is 18.1 Å². The molecule has 0 aromatic heterocycles. The van der Waals surface area contributed by atoms with E-state index in [0.717, 1.165) is 11.3 Å². The number of carboxylic acids is 1. The molecule has 94 valence electrons. The normalized spacial score (nSPS) is 20.7. The van der Waals surface area contributed by atoms with Crippen molar-refractivity contribution in [3.63, 3.8) is 0 Å². The largest absolute Gasteiger partial charge is 0.481 e. The van der Waals surface area contributed by atoms with E-state index in [2.05, 4.69) is 0 Å². The topological polar surface area (TPSA) is 66.8 Å². The van der Waals surface area contributed by atoms with Gasteiger partial charge in [-0.25, -0.2) is 4.79 Å². The molecule has 1 aromatic carbocycles. The van der Waals surface area contributed by atoms with Gasteiger partial charge in [-0.15, -0.1) is 0 Å². The first-order valence-corrected chi connectivity index (χ1v) is 5.92. The van der Waals surface area contributed by atoms with Gasteiger partial charge in [0.2, 0.25) is 0 Å². The first-order valence-electron chi connectivity index (χ1n) is 5.92. The molecule has 0 atom stereocenters. The number of ether oxygens (including phenoxy) is 1. The van der Waals surface area contributed by atoms with Crippen LogP contribution >= 0.6 is 0 Å². The molecule has 1 saturated heterocycles. The number of hydrogen-bond donors (Lipinski definition) is 1. The van der Waals surface area contributed by atoms with Crippen molar-refractivity contribution in [3.05, 3.63) is 29.8 Å². The third kappa shape index (κ3) is 1.54. The molecule has 0 bridgehead atoms. The number of cyclic esters (lactones) is 1. The lowest BCUT2D eigenvalue weighted by molar-refractivity contribution is -0.140. The van der Waals surface area contributed by atoms with Crippen molar-refractivity contribution in [1.82, 2.24) is 0 Å². The van der Waals surface area contributed by atoms with Crippen molar-refractivity contribution < 1.29 is 19.4 Å². The molecule has 2 aliphatic rings. The third-order valence-electron chi connectivity index (χ3n) is 3.65. The van der Waals surface area contributed by atoms with Crippen molar-refractivity contribution in [1.29, 1.82) is 0 Å². The number of benzene rings is 1. The summed E-state index contributed by atoms with van der Waals surface area (Å²) in [5, 5.41) is 9.20. The van der Waals surface area contributed by atoms with E-state index in [4.69, 9.17) is 4.74 Å². The van der Waals surface area contributed by atoms with Crippen LogP contribution in [0.3, 0.4) is 0 Å². The van der Waals surface area contributed by atoms with Gasteiger partial charge in [0.1, 0.15) is 6.61 Å². The Morgan fingerprint density at radius 2 is 1.94 bits per heavy atom. The van der Waals surface area contributed by atoms with Gasteiger partial charge in [-0.1, -0.05) is 12.1 Å². The van der Waals surface area contributed by atoms with Crippen LogP contribution in [-0.2, 0) is 14.9 Å². The van der Waals surface area contributed by atoms with E-state index >= 15 is 0 Å². The van der Waals surface area contributed by atoms with Gasteiger partial charge in [0, 0.05) is 5.69 Å². The van der Waals surface area contributed by atoms with E-state index in [1.54, 1.807) is 29.2 Å². The van der Waals surface area contributed by atoms with Gasteiger partial charge in [-0.2, -0.15) is 0 Å². The van der Waals surface area contributed by atoms with Gasteiger partial charge in [-0.05, 0) is 30.5 Å². The summed E-state index contributed by atoms with van der Waals surface area (Å²) in [5.74, 6) is -0.768. The zero-order chi connectivity index (χ0) is 12.8. The van der Waals surface area contributed by atoms with Crippen molar-refractivity contribution in [2.24, 2.45) is 0 Å². The van der Waals surface area contributed by atoms with E-state index in [9.17, 15) is 14.7 Å². The number of rotatable bonds is 3. The maximum atomic E-state index is 11.4. The minimum atomic E-state index is -0.768. The molecule has 2 fully saturated rings. The van der Waals surface area contributed by atoms with Gasteiger partial charge in [0.05, 0.1) is 12.0 Å². The average Bonchev–Trinajstić information content (AvgIpc) is 3.08. The SMILES string of the molecule is O=C1OCCN1c1ccc(C2(C(=O)O)CC2)cc1. The summed E-state index contributed by atoms with van der Waals surface area (Å²) in [6, 6.07) is 7.15. The molecule has 1 saturated carbocycles. The van der Waals surface area contributed by atoms with Crippen LogP contribution in [0.4, 0.5) is 10.5 Å². The smallest absolute Gasteiger partial charge is 0.414 e. The predicted octanol–water partition coefficient (Wildman–Crippen LogP) is 1.76. The molecule has 1 heterocycles. The van der Waals surface area contributed by atoms with Crippen molar-refractivity contribution >= 4 is 17.7 Å². The lowest BCUT2D eigenvalue weighted by Gasteiger charge is -2.15. The Labute approximate surface area is 104 Å². The van der Waals surface area contributed by atoms with Crippen LogP contribution in [0.1, 0.15) is 18.4 Å². The van der Waals surface area contributed by atoms with Gasteiger partial charge >= 0.3 is 12.1 Å². The molecule has 0 spiro atoms. The summed E-state index contributed by atoms with van der Waals surface area (Å²) in [6.07, 6.45) is 1.03. The molecule has 1 amide bonds. The first-order chi connectivity index (χ1) is 8.63. The highest BCUT2D eigenvalue weighted by Gasteiger charge is 2.51. The van der Waals surface area contributed by atoms with Gasteiger partial charge in [0.15, 0.2) is 0 Å². The Morgan fingerprint density at radius 3 is 2.39 bits per heavy atom. The minimum Gasteiger partial charge on any atom is -0.481 e. The fraction of sp³-hybridized carbons (Fsp3) is 0.385. The highest BCUT2D eigenvalue weighted by atomic mass is 16.6. The first kappa shape index (κ1) is 11.1. The van der Waals surface area contributed by atoms with Gasteiger partial charge in [0.25, 0.3) is 0 Å². The molecule has 0 radical (unpaired) electrons. The Morgan fingerprint density at radius 1 is 1.28 bits per heavy atom. The Hall–Kier alpha value is -2.04. The molecule has 1 N–H and O–H groups in total. The van der Waals surface area contributed by atoms with Gasteiger partial charge < -0.3 is 9.84 Å². The molecule has 5 heteroatoms. The van der Waals surface area contributed by atoms with E-state index < -0.39 is 11.4 Å². The molecular weight excluding hydrogens is 234 g/mol. The van der Waals surface area contributed by atoms with E-state index in [0.29, 0.717) is 26.0 Å². The van der Waals surface area contributed by atoms with E-state index in [1.165, 1.54) is 0 Å². The summed E-state index contributed by atoms with van der Waals surface area (Å²) in [4.78, 5) is 24.1. The maximum absolute atomic E-state index is 11.4. The number of nitrogens with zero attached hydrogens (tertiary/aromatic N) is 1. The number of hydrogen-bond acceptors (Lipinski definition) is 3. The number of amides is 1. The second-order valence-corrected chi connectivity index (χ2v) is 4.70. The second kappa shape index (κ2) is 3.73. The van der Waals surface area contributed by atoms with Crippen LogP contribution in [-0.4, -0.2) is 30.3 Å². The lowest BCUT2D eigenvalue weighted by Crippen LogP contribution is -2.24. The summed E-state index contributed by atoms with van der Waals surface area (Å²) < 4.78 is 4.86. The predicted molar refractivity (Wildman–Crippen MR) is 63.7 cm³/mol. The Balaban J connectivity index is 1.86. The lowest BCUT2D eigenvalue weighted by atomic mass is 9.96. The molecule has 1 aliphatic heterocycles. The van der Waals surface area contributed by atoms with Crippen LogP contribution in [0, 0.1) is 0 Å². The molecule has 5 nitrogen and oxygen atoms in total. The third-order valence-corrected chi connectivity index (χ3v) is 3.65. The van der Waals surface area contributed by atoms with E-state index in [-0.39, 0.29) is 6.09 Å². The number of carbonyl (C=O) groups excluding carboxylic acids is 1. The number of carboxylic acid groups (broad SMARTS) is 1. The summed E-state index contributed by atoms with van der Waals surface area (Å²) in [6.45, 7) is 0.946. The summed E-state index contributed by atoms with van der Waals surface area (Å²) in [7, 11) is 0. The molecule has 1 aliphatic carbocycles. The minimum absolute atomic E-state index is 0.345. The quantitative estimate of drug-likeness (QED) is 0.883. The molecule has 3 rings (SSSR count). The van der Waals surface area contributed by atoms with Crippen molar-refractivity contribution in [3.8, 4) is 0 Å². The number of aliphatic carboxylic acids is 1. The zero-order valence-electron chi connectivity index (χ0n) is 9.76. The number of anilines is 1. The monoisotopic (exact) mass is 247 g/mol. The summed E-state index contributed by atoms with van der Waals surface area (Å²) in [5.41, 5.74) is 0.873. The maximum Gasteiger partial charge on any atom is 0.414 e. The zero-order valence-corrected chi connectivity index (χ0v) is 9.76. The average molecular weight is 247 g/mol. The van der Waals surface area contributed by atoms with Crippen LogP contribution in [0.5, 0.6) is 0 Å². The number of carbonyl (C=O) groups is 2. The highest BCUT2D eigenvalue weighted by molar-refractivity contribution is 5.90. The Kier molecular flexibility index (Phi) is 2.29. The second-order valence-electron chi connectivity index (χ2n) is 4.70. The highest BCUT2D eigenvalue weighted by Crippen LogP contribution is 2.48. The van der Waals surface area contributed by atoms with Crippen LogP contribution in [0.2, 0.25) is 0 Å². The summed E-state index contributed by atoms with van der Waals surface area (Å²) >= 11 is 0. The van der Waals surface area contributed by atoms with Gasteiger partial charge in [-0.3, -0.25) is 9.69 Å². The van der Waals surface area contributed by atoms with Crippen LogP contribution in [0.15, 0.2) is 24.3 Å². The van der Waals surface area contributed by atoms with Crippen molar-refractivity contribution in [2.45, 2.75) is 18.3 Å².